The molecule has 0 spiro atoms. The Morgan fingerprint density at radius 2 is 1.86 bits per heavy atom. The van der Waals surface area contributed by atoms with Crippen LogP contribution in [0, 0.1) is 32.1 Å². The van der Waals surface area contributed by atoms with Crippen LogP contribution in [0.2, 0.25) is 0 Å². The Morgan fingerprint density at radius 1 is 1.19 bits per heavy atom. The molecular weight excluding hydrogens is 280 g/mol. The number of aliphatic hydroxyl groups is 1. The third kappa shape index (κ3) is 3.44. The van der Waals surface area contributed by atoms with E-state index in [2.05, 4.69) is 11.1 Å². The zero-order chi connectivity index (χ0) is 15.4. The maximum Gasteiger partial charge on any atom is 0.114 e. The van der Waals surface area contributed by atoms with Crippen molar-refractivity contribution in [1.82, 2.24) is 4.98 Å². The van der Waals surface area contributed by atoms with Crippen LogP contribution >= 0.6 is 11.8 Å². The van der Waals surface area contributed by atoms with Crippen molar-refractivity contribution in [3.05, 3.63) is 58.3 Å². The zero-order valence-electron chi connectivity index (χ0n) is 12.4. The molecule has 0 saturated carbocycles. The Hall–Kier alpha value is -1.83. The molecule has 1 atom stereocenters. The Balaban J connectivity index is 2.19. The average Bonchev–Trinajstić information content (AvgIpc) is 2.51. The summed E-state index contributed by atoms with van der Waals surface area (Å²) in [5, 5.41) is 20.2. The first-order valence-corrected chi connectivity index (χ1v) is 7.77. The molecule has 0 saturated heterocycles. The van der Waals surface area contributed by atoms with Crippen LogP contribution in [0.3, 0.4) is 0 Å². The number of rotatable bonds is 4. The smallest absolute Gasteiger partial charge is 0.114 e. The van der Waals surface area contributed by atoms with Crippen molar-refractivity contribution < 1.29 is 5.11 Å². The van der Waals surface area contributed by atoms with E-state index in [0.717, 1.165) is 22.4 Å². The molecule has 1 aromatic carbocycles. The van der Waals surface area contributed by atoms with Crippen LogP contribution in [0.4, 0.5) is 0 Å². The van der Waals surface area contributed by atoms with Crippen LogP contribution in [0.1, 0.15) is 34.1 Å². The summed E-state index contributed by atoms with van der Waals surface area (Å²) in [6, 6.07) is 11.8. The monoisotopic (exact) mass is 298 g/mol. The highest BCUT2D eigenvalue weighted by molar-refractivity contribution is 7.99. The molecule has 2 aromatic rings. The number of pyridine rings is 1. The number of aryl methyl sites for hydroxylation is 1. The minimum absolute atomic E-state index is 0.480. The van der Waals surface area contributed by atoms with Gasteiger partial charge in [-0.1, -0.05) is 30.3 Å². The minimum Gasteiger partial charge on any atom is -0.388 e. The lowest BCUT2D eigenvalue weighted by Crippen LogP contribution is -2.03. The van der Waals surface area contributed by atoms with Gasteiger partial charge in [-0.3, -0.25) is 0 Å². The summed E-state index contributed by atoms with van der Waals surface area (Å²) in [6.07, 6.45) is -0.563. The highest BCUT2D eigenvalue weighted by Crippen LogP contribution is 2.29. The van der Waals surface area contributed by atoms with E-state index < -0.39 is 6.10 Å². The van der Waals surface area contributed by atoms with E-state index in [-0.39, 0.29) is 0 Å². The number of aromatic nitrogens is 1. The van der Waals surface area contributed by atoms with Crippen LogP contribution in [0.15, 0.2) is 35.4 Å². The normalized spacial score (nSPS) is 12.0. The van der Waals surface area contributed by atoms with Crippen LogP contribution < -0.4 is 0 Å². The molecule has 0 aliphatic rings. The Labute approximate surface area is 129 Å². The van der Waals surface area contributed by atoms with E-state index in [1.807, 2.05) is 51.1 Å². The summed E-state index contributed by atoms with van der Waals surface area (Å²) in [5.74, 6) is 0.480. The van der Waals surface area contributed by atoms with Crippen molar-refractivity contribution in [2.45, 2.75) is 31.9 Å². The number of hydrogen-bond donors (Lipinski definition) is 1. The number of thioether (sulfide) groups is 1. The molecule has 1 heterocycles. The molecule has 1 aromatic heterocycles. The van der Waals surface area contributed by atoms with Crippen LogP contribution in [0.5, 0.6) is 0 Å². The van der Waals surface area contributed by atoms with Gasteiger partial charge in [0, 0.05) is 11.4 Å². The first kappa shape index (κ1) is 15.6. The molecule has 0 radical (unpaired) electrons. The Morgan fingerprint density at radius 3 is 2.48 bits per heavy atom. The first-order valence-electron chi connectivity index (χ1n) is 6.78. The lowest BCUT2D eigenvalue weighted by molar-refractivity contribution is 0.204. The molecule has 4 heteroatoms. The maximum atomic E-state index is 10.2. The number of nitriles is 1. The predicted molar refractivity (Wildman–Crippen MR) is 85.3 cm³/mol. The fraction of sp³-hybridized carbons (Fsp3) is 0.294. The van der Waals surface area contributed by atoms with E-state index >= 15 is 0 Å². The molecule has 0 amide bonds. The van der Waals surface area contributed by atoms with Gasteiger partial charge in [0.2, 0.25) is 0 Å². The van der Waals surface area contributed by atoms with Gasteiger partial charge in [-0.2, -0.15) is 5.26 Å². The molecule has 0 aliphatic heterocycles. The van der Waals surface area contributed by atoms with Crippen LogP contribution in [-0.4, -0.2) is 15.8 Å². The van der Waals surface area contributed by atoms with E-state index in [0.29, 0.717) is 16.3 Å². The number of aliphatic hydroxyl groups excluding tert-OH is 1. The molecule has 2 rings (SSSR count). The lowest BCUT2D eigenvalue weighted by Gasteiger charge is -2.13. The Kier molecular flexibility index (Phi) is 5.00. The van der Waals surface area contributed by atoms with Gasteiger partial charge in [0.25, 0.3) is 0 Å². The molecule has 1 N–H and O–H groups in total. The standard InChI is InChI=1S/C17H18N2OS/c1-11-12(2)15(9-18)17(19-13(11)3)21-10-16(20)14-7-5-4-6-8-14/h4-8,16,20H,10H2,1-3H3/t16-/m0/s1. The average molecular weight is 298 g/mol. The number of nitrogens with zero attached hydrogens (tertiary/aromatic N) is 2. The summed E-state index contributed by atoms with van der Waals surface area (Å²) in [7, 11) is 0. The van der Waals surface area contributed by atoms with E-state index in [4.69, 9.17) is 0 Å². The second-order valence-corrected chi connectivity index (χ2v) is 5.99. The summed E-state index contributed by atoms with van der Waals surface area (Å²) in [5.41, 5.74) is 4.46. The number of benzene rings is 1. The van der Waals surface area contributed by atoms with Gasteiger partial charge in [-0.05, 0) is 37.5 Å². The van der Waals surface area contributed by atoms with Gasteiger partial charge < -0.3 is 5.11 Å². The van der Waals surface area contributed by atoms with Crippen LogP contribution in [-0.2, 0) is 0 Å². The fourth-order valence-electron chi connectivity index (χ4n) is 2.08. The van der Waals surface area contributed by atoms with Crippen LogP contribution in [0.25, 0.3) is 0 Å². The van der Waals surface area contributed by atoms with Crippen molar-refractivity contribution in [1.29, 1.82) is 5.26 Å². The number of hydrogen-bond acceptors (Lipinski definition) is 4. The summed E-state index contributed by atoms with van der Waals surface area (Å²) < 4.78 is 0. The summed E-state index contributed by atoms with van der Waals surface area (Å²) >= 11 is 1.43. The van der Waals surface area contributed by atoms with E-state index in [9.17, 15) is 10.4 Å². The molecule has 108 valence electrons. The molecule has 0 fully saturated rings. The SMILES string of the molecule is Cc1nc(SC[C@H](O)c2ccccc2)c(C#N)c(C)c1C. The van der Waals surface area contributed by atoms with Gasteiger partial charge in [-0.15, -0.1) is 11.8 Å². The van der Waals surface area contributed by atoms with Crippen molar-refractivity contribution in [2.75, 3.05) is 5.75 Å². The molecule has 3 nitrogen and oxygen atoms in total. The topological polar surface area (TPSA) is 56.9 Å². The molecular formula is C17H18N2OS. The molecule has 21 heavy (non-hydrogen) atoms. The maximum absolute atomic E-state index is 10.2. The summed E-state index contributed by atoms with van der Waals surface area (Å²) in [4.78, 5) is 4.50. The highest BCUT2D eigenvalue weighted by atomic mass is 32.2. The predicted octanol–water partition coefficient (Wildman–Crippen LogP) is 3.70. The second-order valence-electron chi connectivity index (χ2n) is 4.98. The molecule has 0 bridgehead atoms. The highest BCUT2D eigenvalue weighted by Gasteiger charge is 2.15. The van der Waals surface area contributed by atoms with Crippen molar-refractivity contribution in [2.24, 2.45) is 0 Å². The third-order valence-electron chi connectivity index (χ3n) is 3.64. The van der Waals surface area contributed by atoms with Gasteiger partial charge in [0.05, 0.1) is 11.7 Å². The minimum atomic E-state index is -0.563. The quantitative estimate of drug-likeness (QED) is 0.874. The van der Waals surface area contributed by atoms with Gasteiger partial charge in [-0.25, -0.2) is 4.98 Å². The van der Waals surface area contributed by atoms with Crippen molar-refractivity contribution in [3.8, 4) is 6.07 Å². The van der Waals surface area contributed by atoms with Gasteiger partial charge in [0.15, 0.2) is 0 Å². The third-order valence-corrected chi connectivity index (χ3v) is 4.69. The molecule has 0 aliphatic carbocycles. The fourth-order valence-corrected chi connectivity index (χ4v) is 3.13. The molecule has 0 unspecified atom stereocenters. The van der Waals surface area contributed by atoms with E-state index in [1.165, 1.54) is 11.8 Å². The Bertz CT molecular complexity index is 677. The zero-order valence-corrected chi connectivity index (χ0v) is 13.2. The van der Waals surface area contributed by atoms with Crippen molar-refractivity contribution >= 4 is 11.8 Å². The largest absolute Gasteiger partial charge is 0.388 e. The van der Waals surface area contributed by atoms with Gasteiger partial charge in [0.1, 0.15) is 11.1 Å². The van der Waals surface area contributed by atoms with Crippen molar-refractivity contribution in [3.63, 3.8) is 0 Å². The first-order chi connectivity index (χ1) is 10.0. The summed E-state index contributed by atoms with van der Waals surface area (Å²) in [6.45, 7) is 5.87. The van der Waals surface area contributed by atoms with Gasteiger partial charge >= 0.3 is 0 Å². The van der Waals surface area contributed by atoms with E-state index in [1.54, 1.807) is 0 Å². The lowest BCUT2D eigenvalue weighted by atomic mass is 10.1. The second kappa shape index (κ2) is 6.75.